The van der Waals surface area contributed by atoms with E-state index in [1.165, 1.54) is 5.56 Å². The first kappa shape index (κ1) is 14.9. The maximum absolute atomic E-state index is 5.84. The van der Waals surface area contributed by atoms with E-state index in [0.717, 1.165) is 31.5 Å². The van der Waals surface area contributed by atoms with Crippen LogP contribution in [0.25, 0.3) is 0 Å². The summed E-state index contributed by atoms with van der Waals surface area (Å²) in [7, 11) is 1.64. The van der Waals surface area contributed by atoms with Crippen LogP contribution in [0.5, 0.6) is 17.2 Å². The van der Waals surface area contributed by atoms with Gasteiger partial charge in [0.15, 0.2) is 0 Å². The Bertz CT molecular complexity index is 585. The van der Waals surface area contributed by atoms with Crippen LogP contribution in [0, 0.1) is 0 Å². The lowest BCUT2D eigenvalue weighted by atomic mass is 10.2. The fraction of sp³-hybridized carbons (Fsp3) is 0.143. The zero-order valence-electron chi connectivity index (χ0n) is 10.1. The molecule has 0 aliphatic rings. The Kier molecular flexibility index (Phi) is 5.30. The summed E-state index contributed by atoms with van der Waals surface area (Å²) >= 11 is 10.4. The number of ether oxygens (including phenoxy) is 2. The van der Waals surface area contributed by atoms with Crippen molar-refractivity contribution < 1.29 is 9.47 Å². The Morgan fingerprint density at radius 1 is 0.947 bits per heavy atom. The van der Waals surface area contributed by atoms with Gasteiger partial charge < -0.3 is 9.47 Å². The van der Waals surface area contributed by atoms with Crippen molar-refractivity contribution in [2.75, 3.05) is 7.11 Å². The normalized spacial score (nSPS) is 10.3. The molecule has 19 heavy (non-hydrogen) atoms. The molecule has 0 radical (unpaired) electrons. The van der Waals surface area contributed by atoms with Gasteiger partial charge in [-0.1, -0.05) is 37.9 Å². The standard InChI is InChI=1S/C14H11Br3O2/c1-18-10-4-5-14(13(17)6-10)19-11-3-2-9(8-15)12(16)7-11/h2-7H,8H2,1H3. The number of alkyl halides is 1. The number of hydrogen-bond acceptors (Lipinski definition) is 2. The summed E-state index contributed by atoms with van der Waals surface area (Å²) in [5.41, 5.74) is 1.18. The second-order valence-electron chi connectivity index (χ2n) is 3.79. The number of hydrogen-bond donors (Lipinski definition) is 0. The summed E-state index contributed by atoms with van der Waals surface area (Å²) in [6.07, 6.45) is 0. The van der Waals surface area contributed by atoms with Gasteiger partial charge in [0.05, 0.1) is 11.6 Å². The molecule has 2 aromatic rings. The molecule has 2 aromatic carbocycles. The molecule has 100 valence electrons. The van der Waals surface area contributed by atoms with Crippen molar-refractivity contribution in [3.05, 3.63) is 50.9 Å². The summed E-state index contributed by atoms with van der Waals surface area (Å²) in [5.74, 6) is 2.32. The molecule has 0 N–H and O–H groups in total. The largest absolute Gasteiger partial charge is 0.497 e. The summed E-state index contributed by atoms with van der Waals surface area (Å²) < 4.78 is 12.9. The zero-order chi connectivity index (χ0) is 13.8. The first-order valence-electron chi connectivity index (χ1n) is 5.50. The van der Waals surface area contributed by atoms with Crippen molar-refractivity contribution in [2.24, 2.45) is 0 Å². The lowest BCUT2D eigenvalue weighted by molar-refractivity contribution is 0.412. The molecule has 2 rings (SSSR count). The lowest BCUT2D eigenvalue weighted by Gasteiger charge is -2.10. The van der Waals surface area contributed by atoms with E-state index in [4.69, 9.17) is 9.47 Å². The highest BCUT2D eigenvalue weighted by Crippen LogP contribution is 2.34. The highest BCUT2D eigenvalue weighted by molar-refractivity contribution is 9.11. The van der Waals surface area contributed by atoms with E-state index in [0.29, 0.717) is 0 Å². The third-order valence-electron chi connectivity index (χ3n) is 2.54. The van der Waals surface area contributed by atoms with Crippen LogP contribution in [0.4, 0.5) is 0 Å². The van der Waals surface area contributed by atoms with Crippen molar-refractivity contribution in [3.63, 3.8) is 0 Å². The first-order valence-corrected chi connectivity index (χ1v) is 8.20. The van der Waals surface area contributed by atoms with Crippen LogP contribution in [0.15, 0.2) is 45.3 Å². The highest BCUT2D eigenvalue weighted by atomic mass is 79.9. The van der Waals surface area contributed by atoms with E-state index < -0.39 is 0 Å². The second kappa shape index (κ2) is 6.77. The van der Waals surface area contributed by atoms with E-state index in [1.807, 2.05) is 36.4 Å². The number of benzene rings is 2. The fourth-order valence-corrected chi connectivity index (χ4v) is 3.32. The maximum Gasteiger partial charge on any atom is 0.141 e. The lowest BCUT2D eigenvalue weighted by Crippen LogP contribution is -1.89. The number of halogens is 3. The molecule has 0 unspecified atom stereocenters. The Hall–Kier alpha value is -0.520. The van der Waals surface area contributed by atoms with E-state index in [-0.39, 0.29) is 0 Å². The minimum absolute atomic E-state index is 0.749. The smallest absolute Gasteiger partial charge is 0.141 e. The highest BCUT2D eigenvalue weighted by Gasteiger charge is 2.06. The molecule has 2 nitrogen and oxygen atoms in total. The van der Waals surface area contributed by atoms with Gasteiger partial charge >= 0.3 is 0 Å². The van der Waals surface area contributed by atoms with Crippen molar-refractivity contribution in [3.8, 4) is 17.2 Å². The van der Waals surface area contributed by atoms with Crippen molar-refractivity contribution in [1.29, 1.82) is 0 Å². The molecule has 0 bridgehead atoms. The zero-order valence-corrected chi connectivity index (χ0v) is 14.9. The van der Waals surface area contributed by atoms with Crippen LogP contribution in [0.2, 0.25) is 0 Å². The molecule has 0 heterocycles. The third kappa shape index (κ3) is 3.74. The Balaban J connectivity index is 2.23. The van der Waals surface area contributed by atoms with Gasteiger partial charge in [-0.2, -0.15) is 0 Å². The van der Waals surface area contributed by atoms with Gasteiger partial charge in [0.25, 0.3) is 0 Å². The van der Waals surface area contributed by atoms with Crippen molar-refractivity contribution in [2.45, 2.75) is 5.33 Å². The molecule has 0 spiro atoms. The minimum atomic E-state index is 0.749. The molecule has 0 atom stereocenters. The van der Waals surface area contributed by atoms with Gasteiger partial charge in [-0.3, -0.25) is 0 Å². The molecular weight excluding hydrogens is 440 g/mol. The number of methoxy groups -OCH3 is 1. The van der Waals surface area contributed by atoms with E-state index in [2.05, 4.69) is 47.8 Å². The maximum atomic E-state index is 5.84. The predicted octanol–water partition coefficient (Wildman–Crippen LogP) is 5.91. The van der Waals surface area contributed by atoms with Gasteiger partial charge in [-0.15, -0.1) is 0 Å². The average Bonchev–Trinajstić information content (AvgIpc) is 2.41. The minimum Gasteiger partial charge on any atom is -0.497 e. The molecule has 0 aromatic heterocycles. The second-order valence-corrected chi connectivity index (χ2v) is 6.05. The molecule has 0 fully saturated rings. The van der Waals surface area contributed by atoms with E-state index >= 15 is 0 Å². The predicted molar refractivity (Wildman–Crippen MR) is 87.5 cm³/mol. The number of rotatable bonds is 4. The quantitative estimate of drug-likeness (QED) is 0.539. The summed E-state index contributed by atoms with van der Waals surface area (Å²) in [5, 5.41) is 0.806. The molecule has 0 aliphatic heterocycles. The van der Waals surface area contributed by atoms with Crippen LogP contribution in [-0.2, 0) is 5.33 Å². The van der Waals surface area contributed by atoms with Crippen LogP contribution in [0.3, 0.4) is 0 Å². The van der Waals surface area contributed by atoms with Gasteiger partial charge in [0, 0.05) is 9.80 Å². The van der Waals surface area contributed by atoms with Crippen LogP contribution in [0.1, 0.15) is 5.56 Å². The van der Waals surface area contributed by atoms with Gasteiger partial charge in [-0.25, -0.2) is 0 Å². The van der Waals surface area contributed by atoms with E-state index in [1.54, 1.807) is 7.11 Å². The van der Waals surface area contributed by atoms with Crippen molar-refractivity contribution >= 4 is 47.8 Å². The van der Waals surface area contributed by atoms with Gasteiger partial charge in [0.2, 0.25) is 0 Å². The van der Waals surface area contributed by atoms with Crippen LogP contribution in [-0.4, -0.2) is 7.11 Å². The molecule has 5 heteroatoms. The van der Waals surface area contributed by atoms with Gasteiger partial charge in [-0.05, 0) is 51.8 Å². The Labute approximate surface area is 137 Å². The monoisotopic (exact) mass is 448 g/mol. The van der Waals surface area contributed by atoms with Crippen molar-refractivity contribution in [1.82, 2.24) is 0 Å². The summed E-state index contributed by atoms with van der Waals surface area (Å²) in [6.45, 7) is 0. The molecular formula is C14H11Br3O2. The van der Waals surface area contributed by atoms with Gasteiger partial charge in [0.1, 0.15) is 17.2 Å². The molecule has 0 amide bonds. The van der Waals surface area contributed by atoms with Crippen LogP contribution >= 0.6 is 47.8 Å². The summed E-state index contributed by atoms with van der Waals surface area (Å²) in [4.78, 5) is 0. The van der Waals surface area contributed by atoms with E-state index in [9.17, 15) is 0 Å². The molecule has 0 saturated carbocycles. The molecule has 0 aliphatic carbocycles. The van der Waals surface area contributed by atoms with Crippen LogP contribution < -0.4 is 9.47 Å². The first-order chi connectivity index (χ1) is 9.13. The Morgan fingerprint density at radius 3 is 2.21 bits per heavy atom. The summed E-state index contributed by atoms with van der Waals surface area (Å²) in [6, 6.07) is 11.5. The topological polar surface area (TPSA) is 18.5 Å². The average molecular weight is 451 g/mol. The SMILES string of the molecule is COc1ccc(Oc2ccc(CBr)c(Br)c2)c(Br)c1. The third-order valence-corrected chi connectivity index (χ3v) is 4.50. The molecule has 0 saturated heterocycles. The Morgan fingerprint density at radius 2 is 1.63 bits per heavy atom. The fourth-order valence-electron chi connectivity index (χ4n) is 1.52.